The van der Waals surface area contributed by atoms with E-state index in [1.807, 2.05) is 6.92 Å². The molecule has 4 rings (SSSR count). The fraction of sp³-hybridized carbons (Fsp3) is 0.292. The first-order chi connectivity index (χ1) is 17.3. The number of amidine groups is 1. The second-order valence-corrected chi connectivity index (χ2v) is 12.2. The molecule has 1 unspecified atom stereocenters. The van der Waals surface area contributed by atoms with E-state index in [0.717, 1.165) is 12.3 Å². The molecule has 1 aliphatic heterocycles. The molecule has 37 heavy (non-hydrogen) atoms. The lowest BCUT2D eigenvalue weighted by Gasteiger charge is -2.39. The molecule has 0 radical (unpaired) electrons. The van der Waals surface area contributed by atoms with Crippen LogP contribution < -0.4 is 15.4 Å². The maximum Gasteiger partial charge on any atom is 0.286 e. The highest BCUT2D eigenvalue weighted by atomic mass is 32.2. The van der Waals surface area contributed by atoms with Crippen molar-refractivity contribution < 1.29 is 31.5 Å². The molecule has 1 heterocycles. The molecule has 13 heteroatoms. The highest BCUT2D eigenvalue weighted by Crippen LogP contribution is 2.43. The molecule has 2 aromatic rings. The fourth-order valence-corrected chi connectivity index (χ4v) is 6.28. The number of benzene rings is 2. The highest BCUT2D eigenvalue weighted by molar-refractivity contribution is 7.92. The summed E-state index contributed by atoms with van der Waals surface area (Å²) >= 11 is 0. The molecule has 2 aliphatic rings. The minimum atomic E-state index is -4.41. The Morgan fingerprint density at radius 3 is 2.54 bits per heavy atom. The van der Waals surface area contributed by atoms with E-state index in [1.165, 1.54) is 19.1 Å². The van der Waals surface area contributed by atoms with E-state index < -0.39 is 48.9 Å². The molecule has 196 valence electrons. The summed E-state index contributed by atoms with van der Waals surface area (Å²) in [6.07, 6.45) is 2.42. The number of fused-ring (bicyclic) bond motifs is 2. The first-order valence-corrected chi connectivity index (χ1v) is 14.7. The number of unbranched alkanes of at least 4 members (excludes halogenated alkanes) is 1. The largest absolute Gasteiger partial charge is 0.506 e. The highest BCUT2D eigenvalue weighted by Gasteiger charge is 2.50. The number of rotatable bonds is 7. The molecule has 0 fully saturated rings. The number of hydrogen-bond donors (Lipinski definition) is 4. The Balaban J connectivity index is 1.90. The zero-order chi connectivity index (χ0) is 27.2. The second-order valence-electron chi connectivity index (χ2n) is 8.91. The summed E-state index contributed by atoms with van der Waals surface area (Å²) in [5.74, 6) is -2.05. The zero-order valence-electron chi connectivity index (χ0n) is 20.3. The van der Waals surface area contributed by atoms with Crippen LogP contribution in [0, 0.1) is 0 Å². The van der Waals surface area contributed by atoms with Gasteiger partial charge >= 0.3 is 0 Å². The number of carbonyl (C=O) groups excluding carboxylic acids is 2. The molecule has 1 amide bonds. The van der Waals surface area contributed by atoms with Gasteiger partial charge < -0.3 is 15.7 Å². The van der Waals surface area contributed by atoms with Gasteiger partial charge in [-0.25, -0.2) is 8.42 Å². The van der Waals surface area contributed by atoms with Gasteiger partial charge in [-0.3, -0.25) is 14.3 Å². The topological polar surface area (TPSA) is 171 Å². The SMILES string of the molecule is CCCCC1(NC(C)=O)C(=O)C(C2=NS(=O)(=O)c3cc(NS(C)(=O)=O)ccc3N2)=C(O)c2ccccc21. The van der Waals surface area contributed by atoms with Crippen LogP contribution in [-0.2, 0) is 35.2 Å². The van der Waals surface area contributed by atoms with Crippen molar-refractivity contribution in [2.75, 3.05) is 16.3 Å². The molecule has 0 saturated carbocycles. The van der Waals surface area contributed by atoms with Crippen molar-refractivity contribution in [1.82, 2.24) is 5.32 Å². The van der Waals surface area contributed by atoms with Crippen LogP contribution in [0.3, 0.4) is 0 Å². The van der Waals surface area contributed by atoms with E-state index in [9.17, 15) is 31.5 Å². The van der Waals surface area contributed by atoms with Crippen LogP contribution >= 0.6 is 0 Å². The van der Waals surface area contributed by atoms with Crippen molar-refractivity contribution in [2.45, 2.75) is 43.5 Å². The Morgan fingerprint density at radius 2 is 1.89 bits per heavy atom. The Labute approximate surface area is 214 Å². The molecule has 0 bridgehead atoms. The van der Waals surface area contributed by atoms with E-state index in [1.54, 1.807) is 24.3 Å². The lowest BCUT2D eigenvalue weighted by Crippen LogP contribution is -2.55. The van der Waals surface area contributed by atoms with E-state index in [4.69, 9.17) is 0 Å². The number of aliphatic hydroxyl groups is 1. The van der Waals surface area contributed by atoms with E-state index >= 15 is 0 Å². The first-order valence-electron chi connectivity index (χ1n) is 11.4. The molecule has 11 nitrogen and oxygen atoms in total. The van der Waals surface area contributed by atoms with Gasteiger partial charge in [0.15, 0.2) is 11.6 Å². The summed E-state index contributed by atoms with van der Waals surface area (Å²) in [5, 5.41) is 16.7. The van der Waals surface area contributed by atoms with Gasteiger partial charge in [-0.1, -0.05) is 44.0 Å². The minimum absolute atomic E-state index is 0.0132. The van der Waals surface area contributed by atoms with E-state index in [0.29, 0.717) is 18.4 Å². The summed E-state index contributed by atoms with van der Waals surface area (Å²) < 4.78 is 55.4. The zero-order valence-corrected chi connectivity index (χ0v) is 22.0. The normalized spacial score (nSPS) is 20.3. The molecule has 0 aromatic heterocycles. The number of aliphatic hydroxyl groups excluding tert-OH is 1. The number of nitrogens with one attached hydrogen (secondary N) is 3. The van der Waals surface area contributed by atoms with Crippen molar-refractivity contribution in [3.05, 3.63) is 59.2 Å². The molecular weight excluding hydrogens is 520 g/mol. The maximum absolute atomic E-state index is 14.1. The molecular formula is C24H26N4O7S2. The van der Waals surface area contributed by atoms with Crippen molar-refractivity contribution in [1.29, 1.82) is 0 Å². The Hall–Kier alpha value is -3.71. The number of ketones is 1. The third kappa shape index (κ3) is 4.83. The Kier molecular flexibility index (Phi) is 6.63. The average molecular weight is 547 g/mol. The van der Waals surface area contributed by atoms with Crippen LogP contribution in [0.5, 0.6) is 0 Å². The smallest absolute Gasteiger partial charge is 0.286 e. The van der Waals surface area contributed by atoms with Gasteiger partial charge in [0, 0.05) is 18.2 Å². The van der Waals surface area contributed by atoms with Gasteiger partial charge in [0.1, 0.15) is 21.8 Å². The summed E-state index contributed by atoms with van der Waals surface area (Å²) in [4.78, 5) is 26.0. The van der Waals surface area contributed by atoms with Crippen LogP contribution in [0.25, 0.3) is 5.76 Å². The van der Waals surface area contributed by atoms with Gasteiger partial charge in [-0.15, -0.1) is 4.40 Å². The third-order valence-electron chi connectivity index (χ3n) is 6.05. The lowest BCUT2D eigenvalue weighted by atomic mass is 9.71. The van der Waals surface area contributed by atoms with Crippen LogP contribution in [0.15, 0.2) is 57.3 Å². The molecule has 1 aliphatic carbocycles. The van der Waals surface area contributed by atoms with Gasteiger partial charge in [-0.2, -0.15) is 8.42 Å². The Bertz CT molecular complexity index is 1590. The van der Waals surface area contributed by atoms with Gasteiger partial charge in [0.25, 0.3) is 10.0 Å². The summed E-state index contributed by atoms with van der Waals surface area (Å²) in [6, 6.07) is 10.3. The van der Waals surface area contributed by atoms with Crippen molar-refractivity contribution in [3.63, 3.8) is 0 Å². The number of amides is 1. The van der Waals surface area contributed by atoms with Crippen molar-refractivity contribution in [2.24, 2.45) is 4.40 Å². The van der Waals surface area contributed by atoms with Crippen LogP contribution in [0.2, 0.25) is 0 Å². The van der Waals surface area contributed by atoms with Gasteiger partial charge in [0.2, 0.25) is 15.9 Å². The fourth-order valence-electron chi connectivity index (χ4n) is 4.58. The van der Waals surface area contributed by atoms with Crippen LogP contribution in [0.1, 0.15) is 44.2 Å². The number of sulfonamides is 2. The summed E-state index contributed by atoms with van der Waals surface area (Å²) in [7, 11) is -8.08. The number of carbonyl (C=O) groups is 2. The maximum atomic E-state index is 14.1. The summed E-state index contributed by atoms with van der Waals surface area (Å²) in [5.41, 5.74) is -1.20. The molecule has 0 spiro atoms. The van der Waals surface area contributed by atoms with Crippen molar-refractivity contribution >= 4 is 54.7 Å². The van der Waals surface area contributed by atoms with E-state index in [2.05, 4.69) is 19.8 Å². The van der Waals surface area contributed by atoms with Crippen LogP contribution in [0.4, 0.5) is 11.4 Å². The quantitative estimate of drug-likeness (QED) is 0.410. The third-order valence-corrected chi connectivity index (χ3v) is 7.98. The Morgan fingerprint density at radius 1 is 1.19 bits per heavy atom. The summed E-state index contributed by atoms with van der Waals surface area (Å²) in [6.45, 7) is 3.21. The van der Waals surface area contributed by atoms with Crippen LogP contribution in [-0.4, -0.2) is 45.7 Å². The number of nitrogens with zero attached hydrogens (tertiary/aromatic N) is 1. The number of anilines is 2. The molecule has 1 atom stereocenters. The predicted octanol–water partition coefficient (Wildman–Crippen LogP) is 2.64. The molecule has 0 saturated heterocycles. The van der Waals surface area contributed by atoms with Gasteiger partial charge in [-0.05, 0) is 30.2 Å². The number of Topliss-reactive ketones (excluding diaryl/α,β-unsaturated/α-hetero) is 1. The standard InChI is InChI=1S/C24H26N4O7S2/c1-4-5-12-24(26-14(2)29)17-9-7-6-8-16(17)21(30)20(22(24)31)23-25-18-11-10-15(27-36(3,32)33)13-19(18)37(34,35)28-23/h6-11,13,27,30H,4-5,12H2,1-3H3,(H,25,28)(H,26,29). The van der Waals surface area contributed by atoms with Gasteiger partial charge in [0.05, 0.1) is 11.9 Å². The van der Waals surface area contributed by atoms with E-state index in [-0.39, 0.29) is 33.8 Å². The number of hydrogen-bond acceptors (Lipinski definition) is 8. The second kappa shape index (κ2) is 9.30. The first kappa shape index (κ1) is 26.4. The average Bonchev–Trinajstić information content (AvgIpc) is 2.80. The van der Waals surface area contributed by atoms with Crippen molar-refractivity contribution in [3.8, 4) is 0 Å². The minimum Gasteiger partial charge on any atom is -0.506 e. The molecule has 2 aromatic carbocycles. The molecule has 4 N–H and O–H groups in total. The lowest BCUT2D eigenvalue weighted by molar-refractivity contribution is -0.129. The predicted molar refractivity (Wildman–Crippen MR) is 139 cm³/mol. The monoisotopic (exact) mass is 546 g/mol.